The Kier molecular flexibility index (Phi) is 13.9. The number of amides is 1. The highest BCUT2D eigenvalue weighted by molar-refractivity contribution is 7.53. The maximum atomic E-state index is 14.6. The second-order valence-electron chi connectivity index (χ2n) is 16.9. The van der Waals surface area contributed by atoms with Crippen molar-refractivity contribution < 1.29 is 37.7 Å². The van der Waals surface area contributed by atoms with Crippen LogP contribution in [0.25, 0.3) is 11.2 Å². The molecule has 2 aromatic heterocycles. The molecule has 3 N–H and O–H groups in total. The predicted molar refractivity (Wildman–Crippen MR) is 257 cm³/mol. The number of aromatic nitrogens is 4. The number of methoxy groups -OCH3 is 2. The molecule has 0 radical (unpaired) electrons. The van der Waals surface area contributed by atoms with Crippen LogP contribution < -0.4 is 30.7 Å². The summed E-state index contributed by atoms with van der Waals surface area (Å²) in [5, 5.41) is 4.94. The summed E-state index contributed by atoms with van der Waals surface area (Å²) in [6.07, 6.45) is -1.39. The van der Waals surface area contributed by atoms with Crippen molar-refractivity contribution in [3.8, 4) is 11.5 Å². The first kappa shape index (κ1) is 46.3. The quantitative estimate of drug-likeness (QED) is 0.0442. The Morgan fingerprint density at radius 2 is 1.39 bits per heavy atom. The number of anilines is 1. The van der Waals surface area contributed by atoms with Gasteiger partial charge in [0, 0.05) is 18.5 Å². The predicted octanol–water partition coefficient (Wildman–Crippen LogP) is 7.49. The molecule has 14 nitrogen and oxygen atoms in total. The summed E-state index contributed by atoms with van der Waals surface area (Å²) in [7, 11) is -3.66. The standard InChI is InChI=1S/C50H54N5O9PSi/c1-34(2)47(56)53-49-52-46-45(48(57)54-49)51-33-55(46)44-31-42(64-65(58,59)29-30-66(5,40-17-11-7-12-18-40)41-19-13-8-14-20-41)43(63-44)32-62-50(35-15-9-6-10-16-35,36-21-25-38(60-3)26-22-36)37-23-27-39(61-4)28-24-37/h6-28,33-34,42-44H,29-32H2,1-5H3,(H,58,59)(H2,52,53,54,56,57)/t42-,43+,44+/m0/s1. The minimum Gasteiger partial charge on any atom is -0.497 e. The Morgan fingerprint density at radius 3 is 1.92 bits per heavy atom. The van der Waals surface area contributed by atoms with E-state index in [0.717, 1.165) is 27.1 Å². The van der Waals surface area contributed by atoms with Crippen molar-refractivity contribution in [3.05, 3.63) is 173 Å². The highest BCUT2D eigenvalue weighted by Crippen LogP contribution is 2.50. The summed E-state index contributed by atoms with van der Waals surface area (Å²) in [4.78, 5) is 49.4. The van der Waals surface area contributed by atoms with Crippen LogP contribution in [-0.4, -0.2) is 77.6 Å². The first-order valence-electron chi connectivity index (χ1n) is 21.9. The number of hydrogen-bond acceptors (Lipinski definition) is 10. The Morgan fingerprint density at radius 1 is 0.864 bits per heavy atom. The minimum atomic E-state index is -4.34. The number of hydrogen-bond donors (Lipinski definition) is 3. The molecule has 66 heavy (non-hydrogen) atoms. The lowest BCUT2D eigenvalue weighted by atomic mass is 9.80. The molecule has 1 fully saturated rings. The van der Waals surface area contributed by atoms with E-state index in [2.05, 4.69) is 51.1 Å². The first-order chi connectivity index (χ1) is 31.8. The van der Waals surface area contributed by atoms with Crippen LogP contribution in [0.4, 0.5) is 5.95 Å². The van der Waals surface area contributed by atoms with Gasteiger partial charge in [0.2, 0.25) is 11.9 Å². The average molecular weight is 928 g/mol. The molecule has 0 aliphatic carbocycles. The van der Waals surface area contributed by atoms with Gasteiger partial charge in [-0.3, -0.25) is 29.0 Å². The molecule has 3 heterocycles. The molecule has 5 aromatic carbocycles. The molecule has 0 saturated carbocycles. The normalized spacial score (nSPS) is 17.4. The van der Waals surface area contributed by atoms with Gasteiger partial charge < -0.3 is 28.4 Å². The van der Waals surface area contributed by atoms with Crippen molar-refractivity contribution in [2.45, 2.75) is 56.9 Å². The highest BCUT2D eigenvalue weighted by atomic mass is 31.2. The van der Waals surface area contributed by atoms with E-state index in [1.165, 1.54) is 6.33 Å². The molecule has 7 aromatic rings. The minimum absolute atomic E-state index is 0.0271. The molecular formula is C50H54N5O9PSi. The fourth-order valence-corrected chi connectivity index (χ4v) is 15.0. The third-order valence-corrected chi connectivity index (χ3v) is 18.6. The number of carbonyl (C=O) groups excluding carboxylic acids is 1. The molecule has 0 spiro atoms. The molecule has 16 heteroatoms. The number of aromatic amines is 1. The van der Waals surface area contributed by atoms with Gasteiger partial charge in [-0.15, -0.1) is 0 Å². The molecular weight excluding hydrogens is 874 g/mol. The number of rotatable bonds is 18. The van der Waals surface area contributed by atoms with Gasteiger partial charge in [0.15, 0.2) is 11.2 Å². The smallest absolute Gasteiger partial charge is 0.328 e. The number of benzene rings is 5. The second kappa shape index (κ2) is 19.7. The number of ether oxygens (including phenoxy) is 4. The van der Waals surface area contributed by atoms with Crippen molar-refractivity contribution in [2.75, 3.05) is 32.3 Å². The number of nitrogens with zero attached hydrogens (tertiary/aromatic N) is 3. The lowest BCUT2D eigenvalue weighted by Gasteiger charge is -2.37. The first-order valence-corrected chi connectivity index (χ1v) is 26.3. The zero-order valence-electron chi connectivity index (χ0n) is 37.5. The Bertz CT molecular complexity index is 2760. The molecule has 342 valence electrons. The molecule has 1 aliphatic rings. The lowest BCUT2D eigenvalue weighted by Crippen LogP contribution is -2.56. The van der Waals surface area contributed by atoms with Crippen LogP contribution in [0.3, 0.4) is 0 Å². The van der Waals surface area contributed by atoms with Crippen molar-refractivity contribution in [1.82, 2.24) is 19.5 Å². The van der Waals surface area contributed by atoms with Crippen LogP contribution in [-0.2, 0) is 29.0 Å². The SMILES string of the molecule is COc1ccc(C(OC[C@H]2O[C@@H](n3cnc4c(=O)[nH]c(NC(=O)C(C)C)nc43)C[C@@H]2OP(=O)(O)CC[Si](C)(c2ccccc2)c2ccccc2)(c2ccccc2)c2ccc(OC)cc2)cc1. The number of carbonyl (C=O) groups is 1. The molecule has 1 aliphatic heterocycles. The molecule has 8 rings (SSSR count). The summed E-state index contributed by atoms with van der Waals surface area (Å²) in [6.45, 7) is 5.55. The highest BCUT2D eigenvalue weighted by Gasteiger charge is 2.46. The Balaban J connectivity index is 1.17. The lowest BCUT2D eigenvalue weighted by molar-refractivity contribution is -0.118. The van der Waals surface area contributed by atoms with E-state index in [0.29, 0.717) is 17.5 Å². The van der Waals surface area contributed by atoms with Crippen LogP contribution in [0.15, 0.2) is 151 Å². The molecule has 1 saturated heterocycles. The van der Waals surface area contributed by atoms with Gasteiger partial charge in [-0.1, -0.05) is 146 Å². The van der Waals surface area contributed by atoms with E-state index >= 15 is 0 Å². The average Bonchev–Trinajstić information content (AvgIpc) is 3.96. The van der Waals surface area contributed by atoms with E-state index in [9.17, 15) is 19.0 Å². The van der Waals surface area contributed by atoms with Gasteiger partial charge in [0.25, 0.3) is 5.56 Å². The fraction of sp³-hybridized carbons (Fsp3) is 0.280. The number of fused-ring (bicyclic) bond motifs is 1. The van der Waals surface area contributed by atoms with Crippen LogP contribution >= 0.6 is 7.60 Å². The fourth-order valence-electron chi connectivity index (χ4n) is 8.57. The maximum Gasteiger partial charge on any atom is 0.328 e. The summed E-state index contributed by atoms with van der Waals surface area (Å²) in [5.41, 5.74) is 0.756. The van der Waals surface area contributed by atoms with Crippen LogP contribution in [0, 0.1) is 5.92 Å². The van der Waals surface area contributed by atoms with Crippen molar-refractivity contribution >= 4 is 49.1 Å². The summed E-state index contributed by atoms with van der Waals surface area (Å²) in [6, 6.07) is 45.7. The topological polar surface area (TPSA) is 176 Å². The summed E-state index contributed by atoms with van der Waals surface area (Å²) >= 11 is 0. The summed E-state index contributed by atoms with van der Waals surface area (Å²) in [5.74, 6) is 0.570. The van der Waals surface area contributed by atoms with Gasteiger partial charge >= 0.3 is 7.60 Å². The van der Waals surface area contributed by atoms with Crippen molar-refractivity contribution in [1.29, 1.82) is 0 Å². The molecule has 0 bridgehead atoms. The zero-order valence-corrected chi connectivity index (χ0v) is 39.4. The molecule has 1 unspecified atom stereocenters. The second-order valence-corrected chi connectivity index (χ2v) is 23.1. The number of nitrogens with one attached hydrogen (secondary N) is 2. The third-order valence-electron chi connectivity index (χ3n) is 12.3. The molecule has 4 atom stereocenters. The zero-order chi connectivity index (χ0) is 46.5. The molecule has 1 amide bonds. The monoisotopic (exact) mass is 927 g/mol. The number of imidazole rings is 1. The van der Waals surface area contributed by atoms with Gasteiger partial charge in [-0.05, 0) is 47.0 Å². The van der Waals surface area contributed by atoms with Crippen LogP contribution in [0.5, 0.6) is 11.5 Å². The van der Waals surface area contributed by atoms with E-state index in [1.807, 2.05) is 115 Å². The Labute approximate surface area is 384 Å². The maximum absolute atomic E-state index is 14.6. The largest absolute Gasteiger partial charge is 0.497 e. The van der Waals surface area contributed by atoms with Crippen LogP contribution in [0.1, 0.15) is 43.2 Å². The number of H-pyrrole nitrogens is 1. The van der Waals surface area contributed by atoms with E-state index in [-0.39, 0.29) is 48.1 Å². The van der Waals surface area contributed by atoms with Gasteiger partial charge in [0.05, 0.1) is 33.3 Å². The van der Waals surface area contributed by atoms with Crippen LogP contribution in [0.2, 0.25) is 12.6 Å². The van der Waals surface area contributed by atoms with Gasteiger partial charge in [0.1, 0.15) is 37.5 Å². The third kappa shape index (κ3) is 9.68. The Hall–Kier alpha value is -6.19. The van der Waals surface area contributed by atoms with E-state index in [4.69, 9.17) is 23.5 Å². The van der Waals surface area contributed by atoms with E-state index < -0.39 is 45.3 Å². The summed E-state index contributed by atoms with van der Waals surface area (Å²) < 4.78 is 47.7. The van der Waals surface area contributed by atoms with E-state index in [1.54, 1.807) is 32.6 Å². The van der Waals surface area contributed by atoms with Gasteiger partial charge in [-0.2, -0.15) is 4.98 Å². The van der Waals surface area contributed by atoms with Gasteiger partial charge in [-0.25, -0.2) is 4.98 Å². The van der Waals surface area contributed by atoms with Crippen molar-refractivity contribution in [3.63, 3.8) is 0 Å². The van der Waals surface area contributed by atoms with Crippen molar-refractivity contribution in [2.24, 2.45) is 5.92 Å².